The molecule has 0 spiro atoms. The number of carbonyl (C=O) groups excluding carboxylic acids is 4. The van der Waals surface area contributed by atoms with E-state index in [0.29, 0.717) is 12.0 Å². The fourth-order valence-corrected chi connectivity index (χ4v) is 5.85. The van der Waals surface area contributed by atoms with Crippen molar-refractivity contribution in [3.63, 3.8) is 0 Å². The van der Waals surface area contributed by atoms with Gasteiger partial charge < -0.3 is 31.0 Å². The molecule has 1 fully saturated rings. The molecule has 0 saturated heterocycles. The molecule has 10 nitrogen and oxygen atoms in total. The van der Waals surface area contributed by atoms with Gasteiger partial charge in [-0.25, -0.2) is 0 Å². The van der Waals surface area contributed by atoms with Gasteiger partial charge in [0.2, 0.25) is 5.78 Å². The molecule has 186 valence electrons. The van der Waals surface area contributed by atoms with Crippen LogP contribution in [-0.4, -0.2) is 74.3 Å². The number of hydrogen-bond acceptors (Lipinski definition) is 9. The van der Waals surface area contributed by atoms with E-state index in [9.17, 15) is 39.6 Å². The Morgan fingerprint density at radius 3 is 2.40 bits per heavy atom. The summed E-state index contributed by atoms with van der Waals surface area (Å²) in [6.07, 6.45) is 0.856. The lowest BCUT2D eigenvalue weighted by Crippen LogP contribution is -2.65. The average molecular weight is 485 g/mol. The summed E-state index contributed by atoms with van der Waals surface area (Å²) in [5, 5.41) is 44.0. The largest absolute Gasteiger partial charge is 0.508 e. The van der Waals surface area contributed by atoms with E-state index in [2.05, 4.69) is 0 Å². The highest BCUT2D eigenvalue weighted by Crippen LogP contribution is 2.52. The first-order valence-electron chi connectivity index (χ1n) is 11.3. The number of ketones is 3. The third-order valence-electron chi connectivity index (χ3n) is 7.45. The molecule has 3 aliphatic carbocycles. The predicted octanol–water partition coefficient (Wildman–Crippen LogP) is 0.486. The maximum absolute atomic E-state index is 13.7. The Morgan fingerprint density at radius 1 is 1.17 bits per heavy atom. The van der Waals surface area contributed by atoms with E-state index in [0.717, 1.165) is 5.56 Å². The normalized spacial score (nSPS) is 28.1. The van der Waals surface area contributed by atoms with Gasteiger partial charge in [0, 0.05) is 17.9 Å². The van der Waals surface area contributed by atoms with Gasteiger partial charge in [0.05, 0.1) is 11.6 Å². The number of aromatic hydroxyl groups is 1. The lowest BCUT2D eigenvalue weighted by molar-refractivity contribution is -0.153. The highest BCUT2D eigenvalue weighted by molar-refractivity contribution is 6.24. The van der Waals surface area contributed by atoms with Crippen LogP contribution in [0.2, 0.25) is 0 Å². The number of nitrogens with zero attached hydrogens (tertiary/aromatic N) is 1. The van der Waals surface area contributed by atoms with Gasteiger partial charge in [-0.2, -0.15) is 0 Å². The van der Waals surface area contributed by atoms with Crippen molar-refractivity contribution >= 4 is 29.0 Å². The number of nitrogens with two attached hydrogens (primary N) is 1. The van der Waals surface area contributed by atoms with Crippen molar-refractivity contribution < 1.29 is 39.6 Å². The fraction of sp³-hybridized carbons (Fsp3) is 0.440. The van der Waals surface area contributed by atoms with Crippen LogP contribution in [0.4, 0.5) is 0 Å². The summed E-state index contributed by atoms with van der Waals surface area (Å²) in [5.74, 6) is -6.85. The Labute approximate surface area is 201 Å². The van der Waals surface area contributed by atoms with Gasteiger partial charge in [-0.3, -0.25) is 19.3 Å². The second-order valence-corrected chi connectivity index (χ2v) is 9.76. The number of hydrogen-bond donors (Lipinski definition) is 5. The molecule has 0 unspecified atom stereocenters. The van der Waals surface area contributed by atoms with Gasteiger partial charge in [0.1, 0.15) is 28.6 Å². The van der Waals surface area contributed by atoms with Gasteiger partial charge in [0.25, 0.3) is 5.91 Å². The molecule has 1 amide bonds. The Balaban J connectivity index is 1.93. The van der Waals surface area contributed by atoms with Crippen molar-refractivity contribution in [2.45, 2.75) is 44.2 Å². The number of aliphatic hydroxyl groups excluding tert-OH is 2. The number of carbonyl (C=O) groups is 4. The Kier molecular flexibility index (Phi) is 5.85. The van der Waals surface area contributed by atoms with E-state index >= 15 is 0 Å². The number of aliphatic hydroxyl groups is 3. The van der Waals surface area contributed by atoms with Crippen LogP contribution in [-0.2, 0) is 32.0 Å². The number of phenolic OH excluding ortho intramolecular Hbond substituents is 1. The molecule has 1 aromatic rings. The summed E-state index contributed by atoms with van der Waals surface area (Å²) in [5.41, 5.74) is 2.95. The van der Waals surface area contributed by atoms with Crippen LogP contribution in [0.15, 0.2) is 29.0 Å². The molecule has 0 radical (unpaired) electrons. The monoisotopic (exact) mass is 484 g/mol. The first-order valence-corrected chi connectivity index (χ1v) is 11.3. The van der Waals surface area contributed by atoms with Crippen molar-refractivity contribution in [3.05, 3.63) is 45.7 Å². The third-order valence-corrected chi connectivity index (χ3v) is 7.45. The second-order valence-electron chi connectivity index (χ2n) is 9.76. The minimum atomic E-state index is -2.66. The van der Waals surface area contributed by atoms with E-state index in [1.807, 2.05) is 0 Å². The van der Waals surface area contributed by atoms with Crippen molar-refractivity contribution in [1.29, 1.82) is 0 Å². The number of amides is 1. The zero-order valence-electron chi connectivity index (χ0n) is 19.7. The zero-order chi connectivity index (χ0) is 26.0. The summed E-state index contributed by atoms with van der Waals surface area (Å²) in [6.45, 7) is 1.46. The number of benzene rings is 1. The summed E-state index contributed by atoms with van der Waals surface area (Å²) in [6, 6.07) is 1.89. The van der Waals surface area contributed by atoms with Crippen molar-refractivity contribution in [3.8, 4) is 5.75 Å². The molecule has 35 heavy (non-hydrogen) atoms. The van der Waals surface area contributed by atoms with Crippen LogP contribution in [0.3, 0.4) is 0 Å². The molecule has 0 bridgehead atoms. The van der Waals surface area contributed by atoms with Crippen LogP contribution in [0, 0.1) is 11.8 Å². The van der Waals surface area contributed by atoms with E-state index in [-0.39, 0.29) is 41.9 Å². The van der Waals surface area contributed by atoms with Crippen LogP contribution in [0.1, 0.15) is 36.5 Å². The first kappa shape index (κ1) is 24.6. The van der Waals surface area contributed by atoms with Crippen LogP contribution >= 0.6 is 0 Å². The van der Waals surface area contributed by atoms with Crippen molar-refractivity contribution in [1.82, 2.24) is 4.90 Å². The molecule has 0 heterocycles. The van der Waals surface area contributed by atoms with Crippen LogP contribution < -0.4 is 5.73 Å². The number of rotatable bonds is 5. The Hall–Kier alpha value is -3.50. The lowest BCUT2D eigenvalue weighted by Gasteiger charge is -2.50. The zero-order valence-corrected chi connectivity index (χ0v) is 19.7. The smallest absolute Gasteiger partial charge is 0.255 e. The molecule has 4 atom stereocenters. The van der Waals surface area contributed by atoms with E-state index < -0.39 is 58.0 Å². The van der Waals surface area contributed by atoms with Gasteiger partial charge in [-0.1, -0.05) is 6.07 Å². The molecule has 0 aromatic heterocycles. The van der Waals surface area contributed by atoms with Gasteiger partial charge in [-0.15, -0.1) is 0 Å². The summed E-state index contributed by atoms with van der Waals surface area (Å²) < 4.78 is 0. The predicted molar refractivity (Wildman–Crippen MR) is 123 cm³/mol. The summed E-state index contributed by atoms with van der Waals surface area (Å²) >= 11 is 0. The molecule has 0 aliphatic heterocycles. The van der Waals surface area contributed by atoms with Gasteiger partial charge in [0.15, 0.2) is 11.4 Å². The number of aryl methyl sites for hydroxylation is 1. The minimum Gasteiger partial charge on any atom is -0.508 e. The summed E-state index contributed by atoms with van der Waals surface area (Å²) in [7, 11) is 3.09. The van der Waals surface area contributed by atoms with Crippen LogP contribution in [0.25, 0.3) is 5.76 Å². The summed E-state index contributed by atoms with van der Waals surface area (Å²) in [4.78, 5) is 51.8. The molecule has 6 N–H and O–H groups in total. The lowest BCUT2D eigenvalue weighted by atomic mass is 9.57. The maximum atomic E-state index is 13.7. The molecular formula is C25H28N2O8. The molecule has 3 aliphatic rings. The average Bonchev–Trinajstić information content (AvgIpc) is 2.75. The second kappa shape index (κ2) is 8.31. The molecule has 1 aromatic carbocycles. The van der Waals surface area contributed by atoms with Crippen molar-refractivity contribution in [2.75, 3.05) is 14.1 Å². The Bertz CT molecular complexity index is 1240. The highest BCUT2D eigenvalue weighted by atomic mass is 16.3. The van der Waals surface area contributed by atoms with Crippen molar-refractivity contribution in [2.24, 2.45) is 17.6 Å². The maximum Gasteiger partial charge on any atom is 0.255 e. The number of phenols is 1. The number of fused-ring (bicyclic) bond motifs is 3. The minimum absolute atomic E-state index is 0.0214. The van der Waals surface area contributed by atoms with E-state index in [1.165, 1.54) is 17.9 Å². The molecular weight excluding hydrogens is 456 g/mol. The quantitative estimate of drug-likeness (QED) is 0.372. The first-order chi connectivity index (χ1) is 16.3. The van der Waals surface area contributed by atoms with Crippen LogP contribution in [0.5, 0.6) is 5.75 Å². The number of likely N-dealkylation sites (N-methyl/N-ethyl adjacent to an activating group) is 1. The molecule has 4 rings (SSSR count). The standard InChI is InChI=1S/C25H28N2O8/c1-10(28)4-5-11-6-7-15(29)17-13(11)8-12-9-14-19(27(2)3)21(31)18(24(26)34)23(33)25(14,35)22(32)16(12)20(17)30/h6-7,12,14,19,29-30,33,35H,4-5,8-9H2,1-3H3,(H2,26,34)/t12-,14-,19-,25-/m0/s1. The van der Waals surface area contributed by atoms with E-state index in [1.54, 1.807) is 20.2 Å². The topological polar surface area (TPSA) is 178 Å². The molecule has 1 saturated carbocycles. The van der Waals surface area contributed by atoms with Gasteiger partial charge in [-0.05, 0) is 63.4 Å². The fourth-order valence-electron chi connectivity index (χ4n) is 5.85. The number of Topliss-reactive ketones (excluding diaryl/α,β-unsaturated/α-hetero) is 3. The van der Waals surface area contributed by atoms with E-state index in [4.69, 9.17) is 5.73 Å². The van der Waals surface area contributed by atoms with Gasteiger partial charge >= 0.3 is 0 Å². The Morgan fingerprint density at radius 2 is 1.83 bits per heavy atom. The highest BCUT2D eigenvalue weighted by Gasteiger charge is 2.64. The SMILES string of the molecule is CC(=O)CCc1ccc(O)c2c1C[C@H]1C[C@H]3[C@H](N(C)C)C(=O)C(C(N)=O)=C(O)[C@@]3(O)C(=O)C1=C2O. The molecule has 10 heteroatoms. The number of primary amides is 1. The third kappa shape index (κ3) is 3.47.